The quantitative estimate of drug-likeness (QED) is 0.923. The standard InChI is InChI=1S/C13H16ClN5O/c1-18-7-9(14)6-11(18)13(20)19-5-3-2-4-10(19)12-15-8-16-17-12/h6-8,10H,2-5H2,1H3,(H,15,16,17)/t10-/m0/s1. The van der Waals surface area contributed by atoms with Gasteiger partial charge in [0, 0.05) is 19.8 Å². The highest BCUT2D eigenvalue weighted by Crippen LogP contribution is 2.30. The summed E-state index contributed by atoms with van der Waals surface area (Å²) in [6, 6.07) is 1.67. The lowest BCUT2D eigenvalue weighted by Crippen LogP contribution is -2.39. The molecule has 1 amide bonds. The Morgan fingerprint density at radius 2 is 2.35 bits per heavy atom. The minimum absolute atomic E-state index is 0.0134. The highest BCUT2D eigenvalue weighted by molar-refractivity contribution is 6.31. The topological polar surface area (TPSA) is 66.8 Å². The molecule has 1 fully saturated rings. The second kappa shape index (κ2) is 5.28. The maximum atomic E-state index is 12.7. The first-order valence-corrected chi connectivity index (χ1v) is 7.02. The number of nitrogens with zero attached hydrogens (tertiary/aromatic N) is 4. The van der Waals surface area contributed by atoms with Gasteiger partial charge in [-0.1, -0.05) is 11.6 Å². The van der Waals surface area contributed by atoms with Crippen molar-refractivity contribution in [2.24, 2.45) is 7.05 Å². The molecule has 1 aliphatic rings. The van der Waals surface area contributed by atoms with E-state index in [1.807, 2.05) is 11.9 Å². The van der Waals surface area contributed by atoms with Crippen molar-refractivity contribution in [1.29, 1.82) is 0 Å². The highest BCUT2D eigenvalue weighted by Gasteiger charge is 2.31. The summed E-state index contributed by atoms with van der Waals surface area (Å²) in [6.45, 7) is 0.729. The van der Waals surface area contributed by atoms with Gasteiger partial charge in [0.2, 0.25) is 0 Å². The molecule has 1 saturated heterocycles. The van der Waals surface area contributed by atoms with E-state index in [2.05, 4.69) is 15.2 Å². The molecule has 1 N–H and O–H groups in total. The molecule has 3 rings (SSSR count). The molecule has 20 heavy (non-hydrogen) atoms. The summed E-state index contributed by atoms with van der Waals surface area (Å²) >= 11 is 5.96. The van der Waals surface area contributed by atoms with Crippen LogP contribution < -0.4 is 0 Å². The zero-order valence-electron chi connectivity index (χ0n) is 11.2. The average molecular weight is 294 g/mol. The second-order valence-corrected chi connectivity index (χ2v) is 5.47. The van der Waals surface area contributed by atoms with Crippen LogP contribution in [0.3, 0.4) is 0 Å². The van der Waals surface area contributed by atoms with Crippen LogP contribution in [0.15, 0.2) is 18.6 Å². The molecule has 2 aromatic heterocycles. The van der Waals surface area contributed by atoms with Crippen molar-refractivity contribution in [3.8, 4) is 0 Å². The van der Waals surface area contributed by atoms with Crippen molar-refractivity contribution < 1.29 is 4.79 Å². The minimum atomic E-state index is -0.0348. The lowest BCUT2D eigenvalue weighted by atomic mass is 10.0. The van der Waals surface area contributed by atoms with Gasteiger partial charge in [-0.25, -0.2) is 4.98 Å². The average Bonchev–Trinajstić information content (AvgIpc) is 3.07. The van der Waals surface area contributed by atoms with Crippen LogP contribution in [0.2, 0.25) is 5.02 Å². The van der Waals surface area contributed by atoms with Crippen LogP contribution in [0.1, 0.15) is 41.6 Å². The van der Waals surface area contributed by atoms with E-state index >= 15 is 0 Å². The molecule has 0 unspecified atom stereocenters. The zero-order valence-corrected chi connectivity index (χ0v) is 12.0. The third-order valence-electron chi connectivity index (χ3n) is 3.70. The number of aromatic amines is 1. The van der Waals surface area contributed by atoms with Crippen molar-refractivity contribution in [3.05, 3.63) is 35.1 Å². The number of carbonyl (C=O) groups excluding carboxylic acids is 1. The Labute approximate surface area is 121 Å². The number of aryl methyl sites for hydroxylation is 1. The van der Waals surface area contributed by atoms with E-state index in [1.165, 1.54) is 6.33 Å². The van der Waals surface area contributed by atoms with Gasteiger partial charge in [0.15, 0.2) is 0 Å². The third kappa shape index (κ3) is 2.31. The van der Waals surface area contributed by atoms with Crippen molar-refractivity contribution in [3.63, 3.8) is 0 Å². The lowest BCUT2D eigenvalue weighted by Gasteiger charge is -2.34. The second-order valence-electron chi connectivity index (χ2n) is 5.04. The monoisotopic (exact) mass is 293 g/mol. The molecule has 0 spiro atoms. The summed E-state index contributed by atoms with van der Waals surface area (Å²) in [5, 5.41) is 7.33. The minimum Gasteiger partial charge on any atom is -0.345 e. The van der Waals surface area contributed by atoms with Gasteiger partial charge in [0.1, 0.15) is 17.8 Å². The molecule has 0 bridgehead atoms. The van der Waals surface area contributed by atoms with Crippen LogP contribution in [0.4, 0.5) is 0 Å². The highest BCUT2D eigenvalue weighted by atomic mass is 35.5. The Morgan fingerprint density at radius 3 is 3.00 bits per heavy atom. The molecular formula is C13H16ClN5O. The maximum Gasteiger partial charge on any atom is 0.271 e. The fraction of sp³-hybridized carbons (Fsp3) is 0.462. The Kier molecular flexibility index (Phi) is 3.48. The summed E-state index contributed by atoms with van der Waals surface area (Å²) in [5.74, 6) is 0.735. The van der Waals surface area contributed by atoms with E-state index in [1.54, 1.807) is 16.8 Å². The zero-order chi connectivity index (χ0) is 14.1. The number of hydrogen-bond donors (Lipinski definition) is 1. The summed E-state index contributed by atoms with van der Waals surface area (Å²) in [6.07, 6.45) is 6.21. The van der Waals surface area contributed by atoms with E-state index in [9.17, 15) is 4.79 Å². The van der Waals surface area contributed by atoms with E-state index in [0.717, 1.165) is 31.6 Å². The number of rotatable bonds is 2. The fourth-order valence-corrected chi connectivity index (χ4v) is 2.97. The van der Waals surface area contributed by atoms with Crippen LogP contribution >= 0.6 is 11.6 Å². The first kappa shape index (κ1) is 13.2. The van der Waals surface area contributed by atoms with Gasteiger partial charge < -0.3 is 9.47 Å². The van der Waals surface area contributed by atoms with Crippen LogP contribution in [-0.2, 0) is 7.05 Å². The molecule has 1 atom stereocenters. The van der Waals surface area contributed by atoms with Gasteiger partial charge in [0.05, 0.1) is 11.1 Å². The van der Waals surface area contributed by atoms with Crippen molar-refractivity contribution in [1.82, 2.24) is 24.6 Å². The number of H-pyrrole nitrogens is 1. The number of amides is 1. The van der Waals surface area contributed by atoms with Crippen LogP contribution in [-0.4, -0.2) is 37.1 Å². The van der Waals surface area contributed by atoms with Crippen LogP contribution in [0.25, 0.3) is 0 Å². The molecule has 6 nitrogen and oxygen atoms in total. The predicted octanol–water partition coefficient (Wildman–Crippen LogP) is 2.16. The summed E-state index contributed by atoms with van der Waals surface area (Å²) < 4.78 is 1.76. The first-order chi connectivity index (χ1) is 9.66. The molecule has 0 aliphatic carbocycles. The molecule has 106 valence electrons. The lowest BCUT2D eigenvalue weighted by molar-refractivity contribution is 0.0590. The molecular weight excluding hydrogens is 278 g/mol. The van der Waals surface area contributed by atoms with Crippen LogP contribution in [0, 0.1) is 0 Å². The Bertz CT molecular complexity index is 606. The Balaban J connectivity index is 1.90. The van der Waals surface area contributed by atoms with Gasteiger partial charge in [-0.2, -0.15) is 5.10 Å². The maximum absolute atomic E-state index is 12.7. The Morgan fingerprint density at radius 1 is 1.50 bits per heavy atom. The molecule has 1 aliphatic heterocycles. The third-order valence-corrected chi connectivity index (χ3v) is 3.91. The van der Waals surface area contributed by atoms with E-state index in [0.29, 0.717) is 10.7 Å². The fourth-order valence-electron chi connectivity index (χ4n) is 2.72. The van der Waals surface area contributed by atoms with Gasteiger partial charge in [0.25, 0.3) is 5.91 Å². The Hall–Kier alpha value is -1.82. The molecule has 0 saturated carbocycles. The van der Waals surface area contributed by atoms with Crippen molar-refractivity contribution in [2.45, 2.75) is 25.3 Å². The SMILES string of the molecule is Cn1cc(Cl)cc1C(=O)N1CCCC[C@H]1c1ncn[nH]1. The van der Waals surface area contributed by atoms with Gasteiger partial charge in [-0.3, -0.25) is 9.89 Å². The number of hydrogen-bond acceptors (Lipinski definition) is 3. The number of carbonyl (C=O) groups is 1. The number of likely N-dealkylation sites (tertiary alicyclic amines) is 1. The summed E-state index contributed by atoms with van der Waals surface area (Å²) in [7, 11) is 1.83. The van der Waals surface area contributed by atoms with Crippen molar-refractivity contribution in [2.75, 3.05) is 6.54 Å². The molecule has 0 aromatic carbocycles. The number of nitrogens with one attached hydrogen (secondary N) is 1. The van der Waals surface area contributed by atoms with E-state index in [-0.39, 0.29) is 11.9 Å². The smallest absolute Gasteiger partial charge is 0.271 e. The largest absolute Gasteiger partial charge is 0.345 e. The number of aromatic nitrogens is 4. The molecule has 7 heteroatoms. The van der Waals surface area contributed by atoms with Gasteiger partial charge in [-0.05, 0) is 25.3 Å². The molecule has 0 radical (unpaired) electrons. The summed E-state index contributed by atoms with van der Waals surface area (Å²) in [4.78, 5) is 18.8. The number of halogens is 1. The first-order valence-electron chi connectivity index (χ1n) is 6.65. The normalized spacial score (nSPS) is 19.3. The van der Waals surface area contributed by atoms with Gasteiger partial charge in [-0.15, -0.1) is 0 Å². The van der Waals surface area contributed by atoms with E-state index < -0.39 is 0 Å². The van der Waals surface area contributed by atoms with Crippen molar-refractivity contribution >= 4 is 17.5 Å². The molecule has 3 heterocycles. The summed E-state index contributed by atoms with van der Waals surface area (Å²) in [5.41, 5.74) is 0.599. The molecule has 2 aromatic rings. The van der Waals surface area contributed by atoms with Crippen LogP contribution in [0.5, 0.6) is 0 Å². The number of piperidine rings is 1. The predicted molar refractivity (Wildman–Crippen MR) is 74.4 cm³/mol. The van der Waals surface area contributed by atoms with E-state index in [4.69, 9.17) is 11.6 Å². The van der Waals surface area contributed by atoms with Gasteiger partial charge >= 0.3 is 0 Å².